The van der Waals surface area contributed by atoms with Gasteiger partial charge < -0.3 is 5.32 Å². The van der Waals surface area contributed by atoms with Crippen molar-refractivity contribution >= 4 is 16.1 Å². The van der Waals surface area contributed by atoms with Crippen molar-refractivity contribution in [3.8, 4) is 0 Å². The quantitative estimate of drug-likeness (QED) is 0.650. The molecule has 2 rings (SSSR count). The minimum atomic E-state index is -3.48. The van der Waals surface area contributed by atoms with Crippen LogP contribution in [0.3, 0.4) is 0 Å². The molecule has 21 heavy (non-hydrogen) atoms. The van der Waals surface area contributed by atoms with E-state index in [-0.39, 0.29) is 25.0 Å². The monoisotopic (exact) mass is 311 g/mol. The predicted octanol–water partition coefficient (Wildman–Crippen LogP) is 0.783. The number of hydrogen-bond donors (Lipinski definition) is 3. The van der Waals surface area contributed by atoms with E-state index in [1.54, 1.807) is 24.3 Å². The zero-order valence-corrected chi connectivity index (χ0v) is 12.7. The highest BCUT2D eigenvalue weighted by Gasteiger charge is 2.20. The van der Waals surface area contributed by atoms with Crippen LogP contribution in [0.2, 0.25) is 0 Å². The molecular weight excluding hydrogens is 290 g/mol. The van der Waals surface area contributed by atoms with Crippen molar-refractivity contribution < 1.29 is 13.2 Å². The van der Waals surface area contributed by atoms with Gasteiger partial charge in [0, 0.05) is 24.7 Å². The first kappa shape index (κ1) is 15.9. The number of benzene rings is 1. The lowest BCUT2D eigenvalue weighted by Crippen LogP contribution is -2.44. The van der Waals surface area contributed by atoms with E-state index in [1.807, 2.05) is 6.07 Å². The van der Waals surface area contributed by atoms with E-state index >= 15 is 0 Å². The fraction of sp³-hybridized carbons (Fsp3) is 0.500. The molecule has 1 amide bonds. The van der Waals surface area contributed by atoms with E-state index in [2.05, 4.69) is 14.8 Å². The van der Waals surface area contributed by atoms with E-state index in [0.29, 0.717) is 5.56 Å². The maximum atomic E-state index is 11.8. The summed E-state index contributed by atoms with van der Waals surface area (Å²) in [5.74, 6) is -0.210. The summed E-state index contributed by atoms with van der Waals surface area (Å²) in [6, 6.07) is 8.86. The number of hydrogen-bond acceptors (Lipinski definition) is 3. The smallest absolute Gasteiger partial charge is 0.277 e. The minimum absolute atomic E-state index is 0.0430. The third kappa shape index (κ3) is 5.45. The zero-order valence-electron chi connectivity index (χ0n) is 11.8. The highest BCUT2D eigenvalue weighted by Crippen LogP contribution is 2.17. The molecule has 0 bridgehead atoms. The molecule has 1 aliphatic rings. The van der Waals surface area contributed by atoms with Gasteiger partial charge in [0.1, 0.15) is 0 Å². The van der Waals surface area contributed by atoms with Crippen LogP contribution >= 0.6 is 0 Å². The van der Waals surface area contributed by atoms with Crippen LogP contribution in [0.5, 0.6) is 0 Å². The number of rotatable bonds is 7. The van der Waals surface area contributed by atoms with Crippen molar-refractivity contribution in [2.24, 2.45) is 0 Å². The number of amides is 1. The summed E-state index contributed by atoms with van der Waals surface area (Å²) in [7, 11) is -3.48. The van der Waals surface area contributed by atoms with Gasteiger partial charge in [-0.25, -0.2) is 4.72 Å². The molecule has 0 spiro atoms. The van der Waals surface area contributed by atoms with Crippen LogP contribution in [-0.4, -0.2) is 33.5 Å². The third-order valence-corrected chi connectivity index (χ3v) is 4.64. The molecule has 116 valence electrons. The van der Waals surface area contributed by atoms with Crippen LogP contribution in [0.1, 0.15) is 36.0 Å². The second kappa shape index (κ2) is 7.53. The van der Waals surface area contributed by atoms with Crippen LogP contribution < -0.4 is 14.8 Å². The highest BCUT2D eigenvalue weighted by molar-refractivity contribution is 7.87. The Balaban J connectivity index is 1.68. The Morgan fingerprint density at radius 3 is 2.43 bits per heavy atom. The maximum Gasteiger partial charge on any atom is 0.277 e. The molecule has 3 N–H and O–H groups in total. The summed E-state index contributed by atoms with van der Waals surface area (Å²) in [5.41, 5.74) is 0.560. The summed E-state index contributed by atoms with van der Waals surface area (Å²) >= 11 is 0. The van der Waals surface area contributed by atoms with E-state index < -0.39 is 10.2 Å². The van der Waals surface area contributed by atoms with E-state index in [1.165, 1.54) is 0 Å². The molecule has 0 aliphatic heterocycles. The molecule has 0 aromatic heterocycles. The second-order valence-electron chi connectivity index (χ2n) is 5.12. The van der Waals surface area contributed by atoms with Crippen molar-refractivity contribution in [2.75, 3.05) is 13.1 Å². The molecule has 0 heterocycles. The predicted molar refractivity (Wildman–Crippen MR) is 81.1 cm³/mol. The molecular formula is C14H21N3O3S. The molecule has 1 saturated carbocycles. The Morgan fingerprint density at radius 1 is 1.10 bits per heavy atom. The van der Waals surface area contributed by atoms with Crippen LogP contribution in [0.4, 0.5) is 0 Å². The van der Waals surface area contributed by atoms with Crippen molar-refractivity contribution in [1.82, 2.24) is 14.8 Å². The molecule has 0 unspecified atom stereocenters. The standard InChI is InChI=1S/C14H21N3O3S/c18-14(12-6-2-1-3-7-12)15-10-11-16-21(19,20)17-13-8-4-5-9-13/h1-3,6-7,13,16-17H,4-5,8-11H2,(H,15,18). The fourth-order valence-corrected chi connectivity index (χ4v) is 3.49. The Bertz CT molecular complexity index is 554. The van der Waals surface area contributed by atoms with Gasteiger partial charge in [0.05, 0.1) is 0 Å². The second-order valence-corrected chi connectivity index (χ2v) is 6.65. The van der Waals surface area contributed by atoms with Crippen LogP contribution in [0.25, 0.3) is 0 Å². The van der Waals surface area contributed by atoms with E-state index in [4.69, 9.17) is 0 Å². The van der Waals surface area contributed by atoms with Crippen LogP contribution in [0.15, 0.2) is 30.3 Å². The summed E-state index contributed by atoms with van der Waals surface area (Å²) < 4.78 is 28.6. The summed E-state index contributed by atoms with van der Waals surface area (Å²) in [5, 5.41) is 2.67. The average molecular weight is 311 g/mol. The van der Waals surface area contributed by atoms with Gasteiger partial charge in [0.2, 0.25) is 0 Å². The number of carbonyl (C=O) groups excluding carboxylic acids is 1. The third-order valence-electron chi connectivity index (χ3n) is 3.42. The molecule has 1 fully saturated rings. The first-order valence-electron chi connectivity index (χ1n) is 7.17. The van der Waals surface area contributed by atoms with Gasteiger partial charge in [-0.05, 0) is 25.0 Å². The lowest BCUT2D eigenvalue weighted by atomic mass is 10.2. The van der Waals surface area contributed by atoms with Gasteiger partial charge in [-0.2, -0.15) is 13.1 Å². The molecule has 7 heteroatoms. The first-order chi connectivity index (χ1) is 10.1. The van der Waals surface area contributed by atoms with Gasteiger partial charge in [0.25, 0.3) is 16.1 Å². The highest BCUT2D eigenvalue weighted by atomic mass is 32.2. The maximum absolute atomic E-state index is 11.8. The van der Waals surface area contributed by atoms with Gasteiger partial charge in [-0.15, -0.1) is 0 Å². The Morgan fingerprint density at radius 2 is 1.76 bits per heavy atom. The van der Waals surface area contributed by atoms with E-state index in [0.717, 1.165) is 25.7 Å². The van der Waals surface area contributed by atoms with Crippen molar-refractivity contribution in [2.45, 2.75) is 31.7 Å². The number of nitrogens with one attached hydrogen (secondary N) is 3. The van der Waals surface area contributed by atoms with Gasteiger partial charge >= 0.3 is 0 Å². The minimum Gasteiger partial charge on any atom is -0.351 e. The molecule has 0 radical (unpaired) electrons. The lowest BCUT2D eigenvalue weighted by Gasteiger charge is -2.13. The zero-order chi connectivity index (χ0) is 15.1. The largest absolute Gasteiger partial charge is 0.351 e. The molecule has 1 aromatic carbocycles. The lowest BCUT2D eigenvalue weighted by molar-refractivity contribution is 0.0954. The van der Waals surface area contributed by atoms with Crippen molar-refractivity contribution in [1.29, 1.82) is 0 Å². The Hall–Kier alpha value is -1.44. The SMILES string of the molecule is O=C(NCCNS(=O)(=O)NC1CCCC1)c1ccccc1. The molecule has 1 aromatic rings. The van der Waals surface area contributed by atoms with Crippen molar-refractivity contribution in [3.63, 3.8) is 0 Å². The summed E-state index contributed by atoms with van der Waals surface area (Å²) in [6.45, 7) is 0.417. The van der Waals surface area contributed by atoms with Crippen LogP contribution in [0, 0.1) is 0 Å². The first-order valence-corrected chi connectivity index (χ1v) is 8.65. The number of carbonyl (C=O) groups is 1. The van der Waals surface area contributed by atoms with Crippen LogP contribution in [-0.2, 0) is 10.2 Å². The average Bonchev–Trinajstić information content (AvgIpc) is 2.96. The van der Waals surface area contributed by atoms with Crippen molar-refractivity contribution in [3.05, 3.63) is 35.9 Å². The Kier molecular flexibility index (Phi) is 5.72. The van der Waals surface area contributed by atoms with Gasteiger partial charge in [-0.3, -0.25) is 4.79 Å². The normalized spacial score (nSPS) is 16.0. The molecule has 1 aliphatic carbocycles. The van der Waals surface area contributed by atoms with Gasteiger partial charge in [0.15, 0.2) is 0 Å². The topological polar surface area (TPSA) is 87.3 Å². The summed E-state index contributed by atoms with van der Waals surface area (Å²) in [6.07, 6.45) is 3.93. The summed E-state index contributed by atoms with van der Waals surface area (Å²) in [4.78, 5) is 11.7. The Labute approximate surface area is 125 Å². The molecule has 0 saturated heterocycles. The van der Waals surface area contributed by atoms with Gasteiger partial charge in [-0.1, -0.05) is 31.0 Å². The fourth-order valence-electron chi connectivity index (χ4n) is 2.36. The molecule has 0 atom stereocenters. The van der Waals surface area contributed by atoms with E-state index in [9.17, 15) is 13.2 Å². The molecule has 6 nitrogen and oxygen atoms in total.